The second kappa shape index (κ2) is 6.36. The van der Waals surface area contributed by atoms with E-state index in [2.05, 4.69) is 12.1 Å². The number of hydrogen-bond donors (Lipinski definition) is 0. The third kappa shape index (κ3) is 2.25. The summed E-state index contributed by atoms with van der Waals surface area (Å²) in [6, 6.07) is 24.6. The second-order valence-corrected chi connectivity index (χ2v) is 6.38. The fourth-order valence-electron chi connectivity index (χ4n) is 3.89. The maximum Gasteiger partial charge on any atom is 0.180 e. The molecule has 2 aromatic rings. The smallest absolute Gasteiger partial charge is 0.180 e. The first-order chi connectivity index (χ1) is 12.8. The number of rotatable bonds is 2. The molecule has 0 N–H and O–H groups in total. The van der Waals surface area contributed by atoms with E-state index in [9.17, 15) is 10.5 Å². The number of hydrogen-bond acceptors (Lipinski definition) is 2. The predicted octanol–water partition coefficient (Wildman–Crippen LogP) is 5.31. The highest BCUT2D eigenvalue weighted by molar-refractivity contribution is 6.07. The van der Waals surface area contributed by atoms with Crippen LogP contribution in [0.25, 0.3) is 11.1 Å². The predicted molar refractivity (Wildman–Crippen MR) is 103 cm³/mol. The molecule has 0 spiro atoms. The summed E-state index contributed by atoms with van der Waals surface area (Å²) in [5.41, 5.74) is 3.50. The summed E-state index contributed by atoms with van der Waals surface area (Å²) in [6.07, 6.45) is 9.85. The highest BCUT2D eigenvalue weighted by atomic mass is 14.5. The Balaban J connectivity index is 2.13. The normalized spacial score (nSPS) is 19.9. The lowest BCUT2D eigenvalue weighted by atomic mass is 9.73. The number of allylic oxidation sites excluding steroid dienone is 8. The standard InChI is InChI=1S/C24H16N2/c25-16-24(17-26)21-15-9-3-8-14-20(21)22(18-10-4-1-5-11-18)23(24)19-12-6-2-7-13-19/h1-15,21H. The van der Waals surface area contributed by atoms with Gasteiger partial charge in [-0.25, -0.2) is 0 Å². The van der Waals surface area contributed by atoms with Crippen molar-refractivity contribution in [2.24, 2.45) is 11.3 Å². The minimum Gasteiger partial charge on any atom is -0.196 e. The zero-order valence-corrected chi connectivity index (χ0v) is 14.1. The van der Waals surface area contributed by atoms with Crippen molar-refractivity contribution >= 4 is 11.1 Å². The fourth-order valence-corrected chi connectivity index (χ4v) is 3.89. The van der Waals surface area contributed by atoms with Crippen LogP contribution in [0, 0.1) is 34.0 Å². The van der Waals surface area contributed by atoms with E-state index in [1.165, 1.54) is 0 Å². The van der Waals surface area contributed by atoms with Gasteiger partial charge in [-0.3, -0.25) is 0 Å². The third-order valence-electron chi connectivity index (χ3n) is 5.01. The van der Waals surface area contributed by atoms with Crippen LogP contribution < -0.4 is 0 Å². The van der Waals surface area contributed by atoms with Crippen molar-refractivity contribution in [1.82, 2.24) is 0 Å². The van der Waals surface area contributed by atoms with Gasteiger partial charge in [0.15, 0.2) is 5.41 Å². The molecule has 26 heavy (non-hydrogen) atoms. The summed E-state index contributed by atoms with van der Waals surface area (Å²) in [6.45, 7) is 0. The van der Waals surface area contributed by atoms with Crippen molar-refractivity contribution < 1.29 is 0 Å². The molecule has 4 rings (SSSR count). The van der Waals surface area contributed by atoms with E-state index in [1.807, 2.05) is 91.0 Å². The van der Waals surface area contributed by atoms with Crippen molar-refractivity contribution in [3.63, 3.8) is 0 Å². The summed E-state index contributed by atoms with van der Waals surface area (Å²) in [4.78, 5) is 0. The van der Waals surface area contributed by atoms with Crippen LogP contribution in [0.15, 0.2) is 96.6 Å². The molecule has 0 saturated carbocycles. The van der Waals surface area contributed by atoms with E-state index in [1.54, 1.807) is 0 Å². The first-order valence-electron chi connectivity index (χ1n) is 8.55. The van der Waals surface area contributed by atoms with Gasteiger partial charge >= 0.3 is 0 Å². The van der Waals surface area contributed by atoms with Crippen LogP contribution in [0.2, 0.25) is 0 Å². The molecule has 1 atom stereocenters. The molecule has 0 aromatic heterocycles. The Morgan fingerprint density at radius 3 is 1.96 bits per heavy atom. The Bertz CT molecular complexity index is 1020. The van der Waals surface area contributed by atoms with Crippen LogP contribution in [-0.4, -0.2) is 0 Å². The van der Waals surface area contributed by atoms with Gasteiger partial charge in [-0.15, -0.1) is 0 Å². The lowest BCUT2D eigenvalue weighted by Crippen LogP contribution is -2.24. The Morgan fingerprint density at radius 1 is 0.731 bits per heavy atom. The molecule has 2 nitrogen and oxygen atoms in total. The maximum atomic E-state index is 10.2. The molecule has 0 saturated heterocycles. The quantitative estimate of drug-likeness (QED) is 0.748. The van der Waals surface area contributed by atoms with Gasteiger partial charge in [0, 0.05) is 11.5 Å². The van der Waals surface area contributed by atoms with Crippen molar-refractivity contribution in [2.45, 2.75) is 0 Å². The van der Waals surface area contributed by atoms with E-state index in [0.717, 1.165) is 27.8 Å². The zero-order chi connectivity index (χ0) is 18.0. The van der Waals surface area contributed by atoms with Crippen LogP contribution in [0.1, 0.15) is 11.1 Å². The van der Waals surface area contributed by atoms with Crippen molar-refractivity contribution in [1.29, 1.82) is 10.5 Å². The Kier molecular flexibility index (Phi) is 3.88. The zero-order valence-electron chi connectivity index (χ0n) is 14.1. The lowest BCUT2D eigenvalue weighted by Gasteiger charge is -2.23. The number of fused-ring (bicyclic) bond motifs is 1. The van der Waals surface area contributed by atoms with Gasteiger partial charge < -0.3 is 0 Å². The molecule has 0 bridgehead atoms. The largest absolute Gasteiger partial charge is 0.196 e. The highest BCUT2D eigenvalue weighted by Crippen LogP contribution is 2.58. The first-order valence-corrected chi connectivity index (χ1v) is 8.55. The molecule has 0 aliphatic heterocycles. The molecule has 0 radical (unpaired) electrons. The SMILES string of the molecule is N#CC1(C#N)C(c2ccccc2)=C(c2ccccc2)C2=CC=CC=CC21. The summed E-state index contributed by atoms with van der Waals surface area (Å²) in [7, 11) is 0. The van der Waals surface area contributed by atoms with Gasteiger partial charge in [0.1, 0.15) is 0 Å². The van der Waals surface area contributed by atoms with E-state index in [-0.39, 0.29) is 5.92 Å². The van der Waals surface area contributed by atoms with E-state index in [4.69, 9.17) is 0 Å². The van der Waals surface area contributed by atoms with E-state index >= 15 is 0 Å². The topological polar surface area (TPSA) is 47.6 Å². The first kappa shape index (κ1) is 15.9. The number of benzene rings is 2. The molecule has 2 aromatic carbocycles. The number of nitrogens with zero attached hydrogens (tertiary/aromatic N) is 2. The molecule has 0 amide bonds. The molecule has 0 fully saturated rings. The van der Waals surface area contributed by atoms with Crippen molar-refractivity contribution in [3.05, 3.63) is 108 Å². The number of nitriles is 2. The van der Waals surface area contributed by atoms with Gasteiger partial charge in [0.25, 0.3) is 0 Å². The van der Waals surface area contributed by atoms with Gasteiger partial charge in [0.05, 0.1) is 12.1 Å². The molecule has 0 heterocycles. The fraction of sp³-hybridized carbons (Fsp3) is 0.0833. The van der Waals surface area contributed by atoms with Crippen LogP contribution in [0.4, 0.5) is 0 Å². The molecule has 2 aliphatic rings. The Morgan fingerprint density at radius 2 is 1.35 bits per heavy atom. The van der Waals surface area contributed by atoms with Crippen molar-refractivity contribution in [3.8, 4) is 12.1 Å². The van der Waals surface area contributed by atoms with Gasteiger partial charge in [-0.2, -0.15) is 10.5 Å². The van der Waals surface area contributed by atoms with Gasteiger partial charge in [0.2, 0.25) is 0 Å². The van der Waals surface area contributed by atoms with Gasteiger partial charge in [-0.05, 0) is 22.3 Å². The Hall–Kier alpha value is -3.62. The summed E-state index contributed by atoms with van der Waals surface area (Å²) >= 11 is 0. The molecule has 2 aliphatic carbocycles. The van der Waals surface area contributed by atoms with E-state index in [0.29, 0.717) is 0 Å². The average molecular weight is 332 g/mol. The van der Waals surface area contributed by atoms with Crippen LogP contribution >= 0.6 is 0 Å². The van der Waals surface area contributed by atoms with Crippen LogP contribution in [-0.2, 0) is 0 Å². The average Bonchev–Trinajstić information content (AvgIpc) is 2.82. The molecular weight excluding hydrogens is 316 g/mol. The maximum absolute atomic E-state index is 10.2. The minimum absolute atomic E-state index is 0.294. The summed E-state index contributed by atoms with van der Waals surface area (Å²) in [5.74, 6) is -0.294. The highest BCUT2D eigenvalue weighted by Gasteiger charge is 2.52. The van der Waals surface area contributed by atoms with Crippen LogP contribution in [0.5, 0.6) is 0 Å². The third-order valence-corrected chi connectivity index (χ3v) is 5.01. The molecule has 2 heteroatoms. The monoisotopic (exact) mass is 332 g/mol. The molecule has 1 unspecified atom stereocenters. The van der Waals surface area contributed by atoms with Crippen LogP contribution in [0.3, 0.4) is 0 Å². The summed E-state index contributed by atoms with van der Waals surface area (Å²) < 4.78 is 0. The van der Waals surface area contributed by atoms with Crippen molar-refractivity contribution in [2.75, 3.05) is 0 Å². The molecule has 122 valence electrons. The van der Waals surface area contributed by atoms with Gasteiger partial charge in [-0.1, -0.05) is 91.0 Å². The lowest BCUT2D eigenvalue weighted by molar-refractivity contribution is 0.579. The minimum atomic E-state index is -1.25. The second-order valence-electron chi connectivity index (χ2n) is 6.38. The summed E-state index contributed by atoms with van der Waals surface area (Å²) in [5, 5.41) is 20.3. The molecular formula is C24H16N2. The Labute approximate surface area is 153 Å². The van der Waals surface area contributed by atoms with E-state index < -0.39 is 5.41 Å².